The number of nitrogens with one attached hydrogen (secondary N) is 2. The van der Waals surface area contributed by atoms with Gasteiger partial charge >= 0.3 is 6.09 Å². The van der Waals surface area contributed by atoms with Gasteiger partial charge in [0.05, 0.1) is 5.02 Å². The summed E-state index contributed by atoms with van der Waals surface area (Å²) in [5, 5.41) is 5.99. The molecule has 3 amide bonds. The van der Waals surface area contributed by atoms with Gasteiger partial charge in [0.25, 0.3) is 5.91 Å². The van der Waals surface area contributed by atoms with Gasteiger partial charge in [-0.1, -0.05) is 29.3 Å². The summed E-state index contributed by atoms with van der Waals surface area (Å²) >= 11 is 11.7. The Balaban J connectivity index is 1.64. The highest BCUT2D eigenvalue weighted by atomic mass is 35.5. The minimum Gasteiger partial charge on any atom is -0.484 e. The number of piperidine rings is 1. The molecule has 2 N–H and O–H groups in total. The molecular formula is C25H28Cl2FN3O5. The normalized spacial score (nSPS) is 17.8. The summed E-state index contributed by atoms with van der Waals surface area (Å²) < 4.78 is 24.4. The van der Waals surface area contributed by atoms with Gasteiger partial charge in [0.1, 0.15) is 23.2 Å². The SMILES string of the molecule is CC(C)(C)OC(=O)N1CC(NC(=O)COc2ccc(Cl)c(F)c2)CC[C@H]1C(=O)Nc1cccc(Cl)c1. The summed E-state index contributed by atoms with van der Waals surface area (Å²) in [6.45, 7) is 4.89. The summed E-state index contributed by atoms with van der Waals surface area (Å²) in [6, 6.07) is 9.32. The van der Waals surface area contributed by atoms with Crippen LogP contribution in [0.1, 0.15) is 33.6 Å². The molecule has 2 atom stereocenters. The highest BCUT2D eigenvalue weighted by molar-refractivity contribution is 6.31. The Kier molecular flexibility index (Phi) is 9.03. The zero-order valence-corrected chi connectivity index (χ0v) is 21.7. The van der Waals surface area contributed by atoms with Crippen LogP contribution in [-0.2, 0) is 14.3 Å². The number of ether oxygens (including phenoxy) is 2. The van der Waals surface area contributed by atoms with E-state index in [0.717, 1.165) is 6.07 Å². The maximum Gasteiger partial charge on any atom is 0.411 e. The lowest BCUT2D eigenvalue weighted by Gasteiger charge is -2.39. The van der Waals surface area contributed by atoms with E-state index >= 15 is 0 Å². The minimum absolute atomic E-state index is 0.0507. The number of benzene rings is 2. The van der Waals surface area contributed by atoms with Crippen molar-refractivity contribution < 1.29 is 28.2 Å². The molecule has 1 aliphatic rings. The van der Waals surface area contributed by atoms with Crippen molar-refractivity contribution in [2.24, 2.45) is 0 Å². The molecule has 1 fully saturated rings. The summed E-state index contributed by atoms with van der Waals surface area (Å²) in [5.41, 5.74) is -0.272. The van der Waals surface area contributed by atoms with Crippen molar-refractivity contribution in [2.75, 3.05) is 18.5 Å². The number of rotatable bonds is 6. The summed E-state index contributed by atoms with van der Waals surface area (Å²) in [6.07, 6.45) is 0.0641. The molecular weight excluding hydrogens is 512 g/mol. The molecule has 2 aromatic rings. The van der Waals surface area contributed by atoms with E-state index in [-0.39, 0.29) is 29.8 Å². The molecule has 8 nitrogen and oxygen atoms in total. The average Bonchev–Trinajstić information content (AvgIpc) is 2.78. The van der Waals surface area contributed by atoms with Crippen molar-refractivity contribution in [3.63, 3.8) is 0 Å². The summed E-state index contributed by atoms with van der Waals surface area (Å²) in [5.74, 6) is -1.34. The van der Waals surface area contributed by atoms with Crippen LogP contribution in [0.15, 0.2) is 42.5 Å². The third-order valence-corrected chi connectivity index (χ3v) is 5.77. The molecule has 0 aromatic heterocycles. The fourth-order valence-electron chi connectivity index (χ4n) is 3.66. The van der Waals surface area contributed by atoms with E-state index in [1.807, 2.05) is 0 Å². The number of carbonyl (C=O) groups is 3. The fourth-order valence-corrected chi connectivity index (χ4v) is 3.97. The first-order valence-electron chi connectivity index (χ1n) is 11.3. The minimum atomic E-state index is -0.805. The Bertz CT molecular complexity index is 1130. The molecule has 0 saturated carbocycles. The average molecular weight is 540 g/mol. The fraction of sp³-hybridized carbons (Fsp3) is 0.400. The van der Waals surface area contributed by atoms with Gasteiger partial charge in [-0.15, -0.1) is 0 Å². The molecule has 3 rings (SSSR count). The maximum atomic E-state index is 13.6. The van der Waals surface area contributed by atoms with Crippen molar-refractivity contribution in [3.8, 4) is 5.75 Å². The number of halogens is 3. The van der Waals surface area contributed by atoms with Gasteiger partial charge in [-0.2, -0.15) is 0 Å². The van der Waals surface area contributed by atoms with Crippen molar-refractivity contribution in [2.45, 2.75) is 51.3 Å². The highest BCUT2D eigenvalue weighted by Gasteiger charge is 2.38. The zero-order chi connectivity index (χ0) is 26.5. The lowest BCUT2D eigenvalue weighted by atomic mass is 9.97. The number of amides is 3. The van der Waals surface area contributed by atoms with Gasteiger partial charge in [-0.05, 0) is 63.9 Å². The van der Waals surface area contributed by atoms with E-state index in [1.165, 1.54) is 17.0 Å². The molecule has 0 aliphatic carbocycles. The number of carbonyl (C=O) groups excluding carboxylic acids is 3. The first kappa shape index (κ1) is 27.5. The Hall–Kier alpha value is -3.04. The van der Waals surface area contributed by atoms with Crippen LogP contribution in [0.25, 0.3) is 0 Å². The quantitative estimate of drug-likeness (QED) is 0.536. The summed E-state index contributed by atoms with van der Waals surface area (Å²) in [4.78, 5) is 39.8. The number of hydrogen-bond donors (Lipinski definition) is 2. The van der Waals surface area contributed by atoms with Crippen LogP contribution in [0.4, 0.5) is 14.9 Å². The van der Waals surface area contributed by atoms with Crippen molar-refractivity contribution in [1.29, 1.82) is 0 Å². The molecule has 1 saturated heterocycles. The number of hydrogen-bond acceptors (Lipinski definition) is 5. The molecule has 1 heterocycles. The van der Waals surface area contributed by atoms with Crippen LogP contribution < -0.4 is 15.4 Å². The van der Waals surface area contributed by atoms with Gasteiger partial charge < -0.3 is 20.1 Å². The molecule has 11 heteroatoms. The van der Waals surface area contributed by atoms with E-state index < -0.39 is 35.5 Å². The van der Waals surface area contributed by atoms with Crippen LogP contribution in [0, 0.1) is 5.82 Å². The predicted octanol–water partition coefficient (Wildman–Crippen LogP) is 5.03. The molecule has 0 spiro atoms. The van der Waals surface area contributed by atoms with Crippen LogP contribution in [0.3, 0.4) is 0 Å². The summed E-state index contributed by atoms with van der Waals surface area (Å²) in [7, 11) is 0. The second-order valence-corrected chi connectivity index (χ2v) is 10.2. The van der Waals surface area contributed by atoms with Crippen molar-refractivity contribution >= 4 is 46.8 Å². The van der Waals surface area contributed by atoms with E-state index in [2.05, 4.69) is 10.6 Å². The van der Waals surface area contributed by atoms with E-state index in [0.29, 0.717) is 23.6 Å². The maximum absolute atomic E-state index is 13.6. The van der Waals surface area contributed by atoms with Crippen molar-refractivity contribution in [3.05, 3.63) is 58.3 Å². The third kappa shape index (κ3) is 7.99. The second kappa shape index (κ2) is 11.8. The molecule has 0 bridgehead atoms. The Morgan fingerprint density at radius 2 is 1.86 bits per heavy atom. The second-order valence-electron chi connectivity index (χ2n) is 9.35. The Labute approximate surface area is 219 Å². The van der Waals surface area contributed by atoms with E-state index in [4.69, 9.17) is 32.7 Å². The topological polar surface area (TPSA) is 97.0 Å². The van der Waals surface area contributed by atoms with Crippen molar-refractivity contribution in [1.82, 2.24) is 10.2 Å². The van der Waals surface area contributed by atoms with Gasteiger partial charge in [0, 0.05) is 29.4 Å². The molecule has 1 aliphatic heterocycles. The first-order chi connectivity index (χ1) is 16.9. The predicted molar refractivity (Wildman–Crippen MR) is 135 cm³/mol. The van der Waals surface area contributed by atoms with Crippen LogP contribution >= 0.6 is 23.2 Å². The smallest absolute Gasteiger partial charge is 0.411 e. The largest absolute Gasteiger partial charge is 0.484 e. The number of anilines is 1. The van der Waals surface area contributed by atoms with Gasteiger partial charge in [-0.3, -0.25) is 14.5 Å². The van der Waals surface area contributed by atoms with Gasteiger partial charge in [0.15, 0.2) is 6.61 Å². The van der Waals surface area contributed by atoms with E-state index in [9.17, 15) is 18.8 Å². The number of likely N-dealkylation sites (tertiary alicyclic amines) is 1. The molecule has 2 aromatic carbocycles. The molecule has 0 radical (unpaired) electrons. The van der Waals surface area contributed by atoms with Gasteiger partial charge in [-0.25, -0.2) is 9.18 Å². The monoisotopic (exact) mass is 539 g/mol. The lowest BCUT2D eigenvalue weighted by molar-refractivity contribution is -0.125. The first-order valence-corrected chi connectivity index (χ1v) is 12.1. The lowest BCUT2D eigenvalue weighted by Crippen LogP contribution is -2.58. The van der Waals surface area contributed by atoms with Gasteiger partial charge in [0.2, 0.25) is 5.91 Å². The zero-order valence-electron chi connectivity index (χ0n) is 20.1. The Morgan fingerprint density at radius 3 is 2.53 bits per heavy atom. The van der Waals surface area contributed by atoms with Crippen LogP contribution in [0.5, 0.6) is 5.75 Å². The molecule has 36 heavy (non-hydrogen) atoms. The molecule has 194 valence electrons. The van der Waals surface area contributed by atoms with Crippen LogP contribution in [-0.4, -0.2) is 53.6 Å². The standard InChI is InChI=1S/C25H28Cl2FN3O5/c1-25(2,3)36-24(34)31-13-17(29-22(32)14-35-18-8-9-19(27)20(28)12-18)7-10-21(31)23(33)30-16-6-4-5-15(26)11-16/h4-6,8-9,11-12,17,21H,7,10,13-14H2,1-3H3,(H,29,32)(H,30,33)/t17?,21-/m0/s1. The third-order valence-electron chi connectivity index (χ3n) is 5.23. The number of nitrogens with zero attached hydrogens (tertiary/aromatic N) is 1. The Morgan fingerprint density at radius 1 is 1.11 bits per heavy atom. The molecule has 1 unspecified atom stereocenters. The van der Waals surface area contributed by atoms with E-state index in [1.54, 1.807) is 45.0 Å². The van der Waals surface area contributed by atoms with Crippen LogP contribution in [0.2, 0.25) is 10.0 Å². The highest BCUT2D eigenvalue weighted by Crippen LogP contribution is 2.24.